The minimum atomic E-state index is -0.708. The highest BCUT2D eigenvalue weighted by Gasteiger charge is 2.44. The average Bonchev–Trinajstić information content (AvgIpc) is 3.09. The van der Waals surface area contributed by atoms with Crippen LogP contribution in [0.1, 0.15) is 54.1 Å². The molecule has 0 N–H and O–H groups in total. The Morgan fingerprint density at radius 3 is 2.02 bits per heavy atom. The number of morpholine rings is 2. The fourth-order valence-electron chi connectivity index (χ4n) is 7.22. The van der Waals surface area contributed by atoms with Gasteiger partial charge in [-0.05, 0) is 101 Å². The van der Waals surface area contributed by atoms with Gasteiger partial charge in [0.05, 0.1) is 32.0 Å². The first kappa shape index (κ1) is 33.7. The van der Waals surface area contributed by atoms with Crippen molar-refractivity contribution in [2.45, 2.75) is 55.0 Å². The number of hydrogen-bond acceptors (Lipinski definition) is 7. The van der Waals surface area contributed by atoms with E-state index < -0.39 is 5.54 Å². The van der Waals surface area contributed by atoms with Gasteiger partial charge < -0.3 is 14.4 Å². The minimum absolute atomic E-state index is 0.113. The lowest BCUT2D eigenvalue weighted by Gasteiger charge is -2.48. The second-order valence-corrected chi connectivity index (χ2v) is 14.1. The minimum Gasteiger partial charge on any atom is -0.379 e. The second-order valence-electron chi connectivity index (χ2n) is 13.2. The highest BCUT2D eigenvalue weighted by Crippen LogP contribution is 2.41. The van der Waals surface area contributed by atoms with E-state index in [0.29, 0.717) is 6.42 Å². The molecule has 3 aromatic carbocycles. The number of hydrogen-bond donors (Lipinski definition) is 0. The van der Waals surface area contributed by atoms with Gasteiger partial charge >= 0.3 is 0 Å². The summed E-state index contributed by atoms with van der Waals surface area (Å²) in [7, 11) is 4.16. The largest absolute Gasteiger partial charge is 0.379 e. The van der Waals surface area contributed by atoms with Crippen molar-refractivity contribution in [2.24, 2.45) is 0 Å². The van der Waals surface area contributed by atoms with Crippen LogP contribution in [0.3, 0.4) is 0 Å². The van der Waals surface area contributed by atoms with Crippen LogP contribution in [0.2, 0.25) is 0 Å². The molecular formula is C38H51N3O3S. The summed E-state index contributed by atoms with van der Waals surface area (Å²) in [5.41, 5.74) is 3.61. The lowest BCUT2D eigenvalue weighted by atomic mass is 9.72. The van der Waals surface area contributed by atoms with E-state index in [2.05, 4.69) is 110 Å². The Morgan fingerprint density at radius 1 is 0.844 bits per heavy atom. The molecule has 2 aliphatic rings. The molecule has 7 heteroatoms. The van der Waals surface area contributed by atoms with Gasteiger partial charge in [-0.3, -0.25) is 14.6 Å². The van der Waals surface area contributed by atoms with Crippen molar-refractivity contribution in [3.8, 4) is 0 Å². The number of thioether (sulfide) groups is 1. The van der Waals surface area contributed by atoms with Gasteiger partial charge in [0.1, 0.15) is 0 Å². The standard InChI is InChI=1S/C38H51N3O3S/c1-37(2,41-23-27-44-28-24-41)35(31-13-17-34(45-5)18-14-31)19-20-38(39(3)4,29-30-9-7-6-8-10-30)36(42)32-11-15-33(16-12-32)40-21-25-43-26-22-40/h6-18,35H,19-29H2,1-5H3. The molecule has 2 unspecified atom stereocenters. The second kappa shape index (κ2) is 15.3. The summed E-state index contributed by atoms with van der Waals surface area (Å²) in [5, 5.41) is 0. The summed E-state index contributed by atoms with van der Waals surface area (Å²) in [6, 6.07) is 27.9. The quantitative estimate of drug-likeness (QED) is 0.155. The Balaban J connectivity index is 1.50. The van der Waals surface area contributed by atoms with E-state index in [1.807, 2.05) is 18.2 Å². The molecule has 0 aliphatic carbocycles. The smallest absolute Gasteiger partial charge is 0.183 e. The summed E-state index contributed by atoms with van der Waals surface area (Å²) in [6.45, 7) is 11.4. The predicted molar refractivity (Wildman–Crippen MR) is 187 cm³/mol. The van der Waals surface area contributed by atoms with E-state index in [1.165, 1.54) is 16.0 Å². The predicted octanol–water partition coefficient (Wildman–Crippen LogP) is 6.65. The van der Waals surface area contributed by atoms with Gasteiger partial charge in [0, 0.05) is 53.8 Å². The maximum absolute atomic E-state index is 14.9. The third kappa shape index (κ3) is 7.83. The van der Waals surface area contributed by atoms with E-state index in [4.69, 9.17) is 9.47 Å². The Hall–Kier alpha value is -2.68. The Kier molecular flexibility index (Phi) is 11.4. The van der Waals surface area contributed by atoms with Crippen molar-refractivity contribution in [3.63, 3.8) is 0 Å². The molecule has 2 saturated heterocycles. The maximum atomic E-state index is 14.9. The first-order valence-corrected chi connectivity index (χ1v) is 17.6. The van der Waals surface area contributed by atoms with E-state index in [1.54, 1.807) is 11.8 Å². The Bertz CT molecular complexity index is 1350. The molecule has 0 spiro atoms. The van der Waals surface area contributed by atoms with Crippen LogP contribution in [-0.2, 0) is 15.9 Å². The fourth-order valence-corrected chi connectivity index (χ4v) is 7.63. The van der Waals surface area contributed by atoms with Crippen molar-refractivity contribution in [3.05, 3.63) is 95.6 Å². The van der Waals surface area contributed by atoms with Crippen LogP contribution in [0.4, 0.5) is 5.69 Å². The van der Waals surface area contributed by atoms with Crippen LogP contribution in [0.5, 0.6) is 0 Å². The van der Waals surface area contributed by atoms with Crippen molar-refractivity contribution in [1.82, 2.24) is 9.80 Å². The van der Waals surface area contributed by atoms with E-state index in [9.17, 15) is 4.79 Å². The lowest BCUT2D eigenvalue weighted by molar-refractivity contribution is -0.0223. The van der Waals surface area contributed by atoms with Crippen molar-refractivity contribution < 1.29 is 14.3 Å². The molecular weight excluding hydrogens is 579 g/mol. The molecule has 2 atom stereocenters. The van der Waals surface area contributed by atoms with Gasteiger partial charge in [-0.2, -0.15) is 0 Å². The number of nitrogens with zero attached hydrogens (tertiary/aromatic N) is 3. The first-order chi connectivity index (χ1) is 21.7. The van der Waals surface area contributed by atoms with Gasteiger partial charge in [0.2, 0.25) is 0 Å². The van der Waals surface area contributed by atoms with Crippen LogP contribution < -0.4 is 4.90 Å². The SMILES string of the molecule is CSc1ccc(C(CCC(Cc2ccccc2)(C(=O)c2ccc(N3CCOCC3)cc2)N(C)C)C(C)(C)N2CCOCC2)cc1. The zero-order valence-corrected chi connectivity index (χ0v) is 28.7. The molecule has 242 valence electrons. The number of anilines is 1. The molecule has 0 saturated carbocycles. The summed E-state index contributed by atoms with van der Waals surface area (Å²) in [4.78, 5) is 23.3. The van der Waals surface area contributed by atoms with Crippen LogP contribution in [0.25, 0.3) is 0 Å². The van der Waals surface area contributed by atoms with Gasteiger partial charge in [-0.15, -0.1) is 11.8 Å². The number of Topliss-reactive ketones (excluding diaryl/α,β-unsaturated/α-hetero) is 1. The van der Waals surface area contributed by atoms with Crippen molar-refractivity contribution in [1.29, 1.82) is 0 Å². The monoisotopic (exact) mass is 629 g/mol. The van der Waals surface area contributed by atoms with Crippen LogP contribution >= 0.6 is 11.8 Å². The van der Waals surface area contributed by atoms with Crippen LogP contribution in [0, 0.1) is 0 Å². The van der Waals surface area contributed by atoms with E-state index in [-0.39, 0.29) is 17.2 Å². The topological polar surface area (TPSA) is 45.2 Å². The molecule has 6 nitrogen and oxygen atoms in total. The maximum Gasteiger partial charge on any atom is 0.183 e. The average molecular weight is 630 g/mol. The molecule has 0 bridgehead atoms. The zero-order valence-electron chi connectivity index (χ0n) is 27.8. The normalized spacial score (nSPS) is 18.5. The number of rotatable bonds is 13. The van der Waals surface area contributed by atoms with Gasteiger partial charge in [0.15, 0.2) is 5.78 Å². The highest BCUT2D eigenvalue weighted by molar-refractivity contribution is 7.98. The molecule has 2 fully saturated rings. The number of ketones is 1. The molecule has 0 amide bonds. The molecule has 0 radical (unpaired) electrons. The van der Waals surface area contributed by atoms with Gasteiger partial charge in [0.25, 0.3) is 0 Å². The van der Waals surface area contributed by atoms with Crippen LogP contribution in [0.15, 0.2) is 83.8 Å². The first-order valence-electron chi connectivity index (χ1n) is 16.4. The molecule has 2 heterocycles. The third-order valence-corrected chi connectivity index (χ3v) is 10.9. The van der Waals surface area contributed by atoms with Gasteiger partial charge in [-0.1, -0.05) is 42.5 Å². The molecule has 45 heavy (non-hydrogen) atoms. The summed E-state index contributed by atoms with van der Waals surface area (Å²) in [6.07, 6.45) is 4.40. The molecule has 2 aliphatic heterocycles. The molecule has 0 aromatic heterocycles. The number of benzene rings is 3. The highest BCUT2D eigenvalue weighted by atomic mass is 32.2. The number of ether oxygens (including phenoxy) is 2. The fraction of sp³-hybridized carbons (Fsp3) is 0.500. The summed E-state index contributed by atoms with van der Waals surface area (Å²) < 4.78 is 11.3. The van der Waals surface area contributed by atoms with Gasteiger partial charge in [-0.25, -0.2) is 0 Å². The van der Waals surface area contributed by atoms with Crippen molar-refractivity contribution in [2.75, 3.05) is 77.9 Å². The van der Waals surface area contributed by atoms with E-state index in [0.717, 1.165) is 76.7 Å². The van der Waals surface area contributed by atoms with Crippen LogP contribution in [-0.4, -0.2) is 99.6 Å². The zero-order chi connectivity index (χ0) is 31.9. The summed E-state index contributed by atoms with van der Waals surface area (Å²) in [5.74, 6) is 0.420. The number of carbonyl (C=O) groups is 1. The number of likely N-dealkylation sites (N-methyl/N-ethyl adjacent to an activating group) is 1. The Labute approximate surface area is 275 Å². The van der Waals surface area contributed by atoms with E-state index >= 15 is 0 Å². The lowest BCUT2D eigenvalue weighted by Crippen LogP contribution is -2.55. The molecule has 5 rings (SSSR count). The molecule has 3 aromatic rings. The number of carbonyl (C=O) groups excluding carboxylic acids is 1. The summed E-state index contributed by atoms with van der Waals surface area (Å²) >= 11 is 1.77. The Morgan fingerprint density at radius 2 is 1.44 bits per heavy atom. The van der Waals surface area contributed by atoms with Crippen molar-refractivity contribution >= 4 is 23.2 Å². The third-order valence-electron chi connectivity index (χ3n) is 10.2.